The van der Waals surface area contributed by atoms with Crippen molar-refractivity contribution in [2.45, 2.75) is 39.5 Å². The van der Waals surface area contributed by atoms with Gasteiger partial charge in [-0.2, -0.15) is 5.10 Å². The molecule has 0 saturated carbocycles. The fraction of sp³-hybridized carbons (Fsp3) is 0.667. The van der Waals surface area contributed by atoms with Crippen LogP contribution in [0.25, 0.3) is 0 Å². The summed E-state index contributed by atoms with van der Waals surface area (Å²) in [6.07, 6.45) is 1.79. The van der Waals surface area contributed by atoms with Crippen LogP contribution in [0.3, 0.4) is 0 Å². The smallest absolute Gasteiger partial charge is 0.160 e. The standard InChI is InChI=1S/C9H16N2O/c1-4-6(3)8-9(12)7(5-2)10-11-8/h6,12H,4-5H2,1-3H3,(H,10,11). The second-order valence-electron chi connectivity index (χ2n) is 3.10. The zero-order chi connectivity index (χ0) is 9.14. The first-order chi connectivity index (χ1) is 5.70. The van der Waals surface area contributed by atoms with Crippen molar-refractivity contribution in [3.05, 3.63) is 11.4 Å². The summed E-state index contributed by atoms with van der Waals surface area (Å²) in [5.74, 6) is 0.713. The number of aryl methyl sites for hydroxylation is 1. The van der Waals surface area contributed by atoms with Crippen LogP contribution in [0.2, 0.25) is 0 Å². The topological polar surface area (TPSA) is 48.9 Å². The van der Waals surface area contributed by atoms with Crippen molar-refractivity contribution in [2.75, 3.05) is 0 Å². The molecule has 1 heterocycles. The lowest BCUT2D eigenvalue weighted by Crippen LogP contribution is -1.91. The number of hydrogen-bond donors (Lipinski definition) is 2. The van der Waals surface area contributed by atoms with E-state index in [4.69, 9.17) is 0 Å². The van der Waals surface area contributed by atoms with Gasteiger partial charge in [-0.15, -0.1) is 0 Å². The van der Waals surface area contributed by atoms with Gasteiger partial charge in [-0.1, -0.05) is 20.8 Å². The lowest BCUT2D eigenvalue weighted by Gasteiger charge is -2.04. The molecule has 1 aromatic heterocycles. The summed E-state index contributed by atoms with van der Waals surface area (Å²) in [6.45, 7) is 6.15. The first-order valence-electron chi connectivity index (χ1n) is 4.46. The van der Waals surface area contributed by atoms with E-state index in [1.807, 2.05) is 6.92 Å². The van der Waals surface area contributed by atoms with E-state index in [1.165, 1.54) is 0 Å². The van der Waals surface area contributed by atoms with Gasteiger partial charge >= 0.3 is 0 Å². The number of aromatic hydroxyl groups is 1. The van der Waals surface area contributed by atoms with Gasteiger partial charge < -0.3 is 5.11 Å². The van der Waals surface area contributed by atoms with Gasteiger partial charge in [-0.05, 0) is 12.8 Å². The molecular formula is C9H16N2O. The minimum absolute atomic E-state index is 0.354. The molecule has 0 aliphatic rings. The van der Waals surface area contributed by atoms with Crippen LogP contribution >= 0.6 is 0 Å². The Morgan fingerprint density at radius 3 is 2.58 bits per heavy atom. The number of aromatic nitrogens is 2. The predicted octanol–water partition coefficient (Wildman–Crippen LogP) is 2.19. The van der Waals surface area contributed by atoms with Crippen LogP contribution in [0, 0.1) is 0 Å². The van der Waals surface area contributed by atoms with E-state index in [1.54, 1.807) is 0 Å². The lowest BCUT2D eigenvalue weighted by atomic mass is 10.0. The molecule has 0 fully saturated rings. The number of rotatable bonds is 3. The molecule has 0 aliphatic carbocycles. The largest absolute Gasteiger partial charge is 0.504 e. The predicted molar refractivity (Wildman–Crippen MR) is 48.3 cm³/mol. The molecule has 1 unspecified atom stereocenters. The molecule has 0 radical (unpaired) electrons. The van der Waals surface area contributed by atoms with E-state index < -0.39 is 0 Å². The minimum atomic E-state index is 0.354. The Morgan fingerprint density at radius 2 is 2.17 bits per heavy atom. The molecule has 0 bridgehead atoms. The average molecular weight is 168 g/mol. The van der Waals surface area contributed by atoms with E-state index in [2.05, 4.69) is 24.0 Å². The zero-order valence-corrected chi connectivity index (χ0v) is 7.89. The third-order valence-corrected chi connectivity index (χ3v) is 2.28. The molecule has 68 valence electrons. The van der Waals surface area contributed by atoms with Gasteiger partial charge in [0, 0.05) is 5.92 Å². The van der Waals surface area contributed by atoms with Gasteiger partial charge in [0.15, 0.2) is 5.75 Å². The second-order valence-corrected chi connectivity index (χ2v) is 3.10. The highest BCUT2D eigenvalue weighted by Crippen LogP contribution is 2.28. The van der Waals surface area contributed by atoms with Gasteiger partial charge in [0.05, 0.1) is 5.69 Å². The summed E-state index contributed by atoms with van der Waals surface area (Å²) in [5.41, 5.74) is 1.64. The molecular weight excluding hydrogens is 152 g/mol. The first-order valence-corrected chi connectivity index (χ1v) is 4.46. The molecule has 3 heteroatoms. The molecule has 0 amide bonds. The Balaban J connectivity index is 2.93. The minimum Gasteiger partial charge on any atom is -0.504 e. The van der Waals surface area contributed by atoms with Crippen molar-refractivity contribution in [2.24, 2.45) is 0 Å². The van der Waals surface area contributed by atoms with Crippen molar-refractivity contribution in [3.63, 3.8) is 0 Å². The normalized spacial score (nSPS) is 13.2. The SMILES string of the molecule is CCc1n[nH]c(C(C)CC)c1O. The fourth-order valence-corrected chi connectivity index (χ4v) is 1.18. The van der Waals surface area contributed by atoms with Crippen molar-refractivity contribution in [1.29, 1.82) is 0 Å². The maximum atomic E-state index is 9.64. The highest BCUT2D eigenvalue weighted by molar-refractivity contribution is 5.33. The molecule has 12 heavy (non-hydrogen) atoms. The molecule has 0 saturated heterocycles. The molecule has 1 rings (SSSR count). The van der Waals surface area contributed by atoms with E-state index in [-0.39, 0.29) is 0 Å². The highest BCUT2D eigenvalue weighted by atomic mass is 16.3. The van der Waals surface area contributed by atoms with Crippen LogP contribution in [-0.4, -0.2) is 15.3 Å². The summed E-state index contributed by atoms with van der Waals surface area (Å²) >= 11 is 0. The Hall–Kier alpha value is -0.990. The average Bonchev–Trinajstić information content (AvgIpc) is 2.45. The monoisotopic (exact) mass is 168 g/mol. The van der Waals surface area contributed by atoms with Gasteiger partial charge in [0.1, 0.15) is 5.69 Å². The van der Waals surface area contributed by atoms with Gasteiger partial charge in [-0.25, -0.2) is 0 Å². The van der Waals surface area contributed by atoms with Gasteiger partial charge in [-0.3, -0.25) is 5.10 Å². The van der Waals surface area contributed by atoms with E-state index in [0.717, 1.165) is 24.2 Å². The highest BCUT2D eigenvalue weighted by Gasteiger charge is 2.14. The van der Waals surface area contributed by atoms with Crippen LogP contribution < -0.4 is 0 Å². The van der Waals surface area contributed by atoms with Crippen LogP contribution in [0.1, 0.15) is 44.5 Å². The van der Waals surface area contributed by atoms with E-state index in [9.17, 15) is 5.11 Å². The molecule has 3 nitrogen and oxygen atoms in total. The zero-order valence-electron chi connectivity index (χ0n) is 7.89. The van der Waals surface area contributed by atoms with Crippen LogP contribution in [0.4, 0.5) is 0 Å². The third-order valence-electron chi connectivity index (χ3n) is 2.28. The Bertz CT molecular complexity index is 255. The van der Waals surface area contributed by atoms with Gasteiger partial charge in [0.2, 0.25) is 0 Å². The first kappa shape index (κ1) is 9.10. The molecule has 1 atom stereocenters. The molecule has 0 spiro atoms. The van der Waals surface area contributed by atoms with Crippen molar-refractivity contribution < 1.29 is 5.11 Å². The van der Waals surface area contributed by atoms with E-state index >= 15 is 0 Å². The number of H-pyrrole nitrogens is 1. The summed E-state index contributed by atoms with van der Waals surface area (Å²) in [5, 5.41) is 16.5. The van der Waals surface area contributed by atoms with Crippen molar-refractivity contribution in [1.82, 2.24) is 10.2 Å². The van der Waals surface area contributed by atoms with Crippen molar-refractivity contribution in [3.8, 4) is 5.75 Å². The number of nitrogens with zero attached hydrogens (tertiary/aromatic N) is 1. The molecule has 0 aliphatic heterocycles. The fourth-order valence-electron chi connectivity index (χ4n) is 1.18. The lowest BCUT2D eigenvalue weighted by molar-refractivity contribution is 0.456. The second kappa shape index (κ2) is 3.61. The van der Waals surface area contributed by atoms with Gasteiger partial charge in [0.25, 0.3) is 0 Å². The summed E-state index contributed by atoms with van der Waals surface area (Å²) in [7, 11) is 0. The van der Waals surface area contributed by atoms with Crippen LogP contribution in [-0.2, 0) is 6.42 Å². The number of aromatic amines is 1. The third kappa shape index (κ3) is 1.44. The van der Waals surface area contributed by atoms with E-state index in [0.29, 0.717) is 11.7 Å². The quantitative estimate of drug-likeness (QED) is 0.726. The summed E-state index contributed by atoms with van der Waals surface area (Å²) in [6, 6.07) is 0. The van der Waals surface area contributed by atoms with Crippen molar-refractivity contribution >= 4 is 0 Å². The number of hydrogen-bond acceptors (Lipinski definition) is 2. The van der Waals surface area contributed by atoms with Crippen LogP contribution in [0.5, 0.6) is 5.75 Å². The summed E-state index contributed by atoms with van der Waals surface area (Å²) in [4.78, 5) is 0. The Kier molecular flexibility index (Phi) is 2.74. The molecule has 0 aromatic carbocycles. The maximum Gasteiger partial charge on any atom is 0.160 e. The molecule has 1 aromatic rings. The summed E-state index contributed by atoms with van der Waals surface area (Å²) < 4.78 is 0. The Labute approximate surface area is 72.8 Å². The Morgan fingerprint density at radius 1 is 1.50 bits per heavy atom. The maximum absolute atomic E-state index is 9.64. The van der Waals surface area contributed by atoms with Crippen LogP contribution in [0.15, 0.2) is 0 Å². The molecule has 2 N–H and O–H groups in total. The number of nitrogens with one attached hydrogen (secondary N) is 1.